The molecule has 1 aliphatic heterocycles. The maximum Gasteiger partial charge on any atom is 0.332 e. The molecular weight excluding hydrogens is 522 g/mol. The molecule has 39 heavy (non-hydrogen) atoms. The minimum atomic E-state index is -3.77. The van der Waals surface area contributed by atoms with Gasteiger partial charge in [-0.05, 0) is 38.8 Å². The number of ketones is 1. The first-order chi connectivity index (χ1) is 18.3. The van der Waals surface area contributed by atoms with Crippen LogP contribution in [0.4, 0.5) is 5.95 Å². The van der Waals surface area contributed by atoms with E-state index in [0.29, 0.717) is 19.0 Å². The second-order valence-electron chi connectivity index (χ2n) is 10.3. The molecule has 0 radical (unpaired) electrons. The van der Waals surface area contributed by atoms with Crippen molar-refractivity contribution in [2.24, 2.45) is 12.8 Å². The molecule has 1 unspecified atom stereocenters. The summed E-state index contributed by atoms with van der Waals surface area (Å²) >= 11 is 0. The summed E-state index contributed by atoms with van der Waals surface area (Å²) in [5.41, 5.74) is 6.44. The molecule has 1 aromatic carbocycles. The molecule has 2 N–H and O–H groups in total. The summed E-state index contributed by atoms with van der Waals surface area (Å²) < 4.78 is 30.1. The molecule has 0 amide bonds. The number of aryl methyl sites for hydroxylation is 1. The van der Waals surface area contributed by atoms with E-state index in [2.05, 4.69) is 0 Å². The quantitative estimate of drug-likeness (QED) is 0.318. The average Bonchev–Trinajstić information content (AvgIpc) is 3.28. The van der Waals surface area contributed by atoms with Crippen LogP contribution in [0.2, 0.25) is 0 Å². The van der Waals surface area contributed by atoms with E-state index in [0.717, 1.165) is 33.8 Å². The summed E-state index contributed by atoms with van der Waals surface area (Å²) in [7, 11) is 0.531. The van der Waals surface area contributed by atoms with Gasteiger partial charge in [-0.25, -0.2) is 17.5 Å². The molecule has 4 rings (SSSR count). The van der Waals surface area contributed by atoms with Gasteiger partial charge in [0.05, 0.1) is 11.4 Å². The zero-order chi connectivity index (χ0) is 28.6. The summed E-state index contributed by atoms with van der Waals surface area (Å²) in [6.07, 6.45) is 3.74. The van der Waals surface area contributed by atoms with Crippen LogP contribution in [-0.2, 0) is 30.2 Å². The van der Waals surface area contributed by atoms with Gasteiger partial charge in [0, 0.05) is 52.4 Å². The highest BCUT2D eigenvalue weighted by molar-refractivity contribution is 7.89. The number of carbonyl (C=O) groups excluding carboxylic acids is 1. The van der Waals surface area contributed by atoms with Crippen LogP contribution in [0.15, 0.2) is 50.4 Å². The number of allylic oxidation sites excluding steroid dienone is 2. The Morgan fingerprint density at radius 3 is 2.56 bits per heavy atom. The van der Waals surface area contributed by atoms with Crippen LogP contribution in [0.1, 0.15) is 37.0 Å². The molecule has 2 aromatic heterocycles. The van der Waals surface area contributed by atoms with Gasteiger partial charge in [-0.2, -0.15) is 4.98 Å². The zero-order valence-corrected chi connectivity index (χ0v) is 23.7. The van der Waals surface area contributed by atoms with Crippen molar-refractivity contribution < 1.29 is 13.2 Å². The molecule has 1 atom stereocenters. The highest BCUT2D eigenvalue weighted by atomic mass is 32.2. The Morgan fingerprint density at radius 1 is 1.21 bits per heavy atom. The van der Waals surface area contributed by atoms with Crippen molar-refractivity contribution >= 4 is 32.9 Å². The number of carbonyl (C=O) groups is 1. The number of piperidine rings is 1. The van der Waals surface area contributed by atoms with Crippen molar-refractivity contribution in [3.8, 4) is 0 Å². The molecule has 13 heteroatoms. The van der Waals surface area contributed by atoms with E-state index in [9.17, 15) is 22.8 Å². The number of sulfonamides is 1. The van der Waals surface area contributed by atoms with E-state index in [-0.39, 0.29) is 27.7 Å². The van der Waals surface area contributed by atoms with Crippen LogP contribution in [-0.4, -0.2) is 70.4 Å². The highest BCUT2D eigenvalue weighted by Crippen LogP contribution is 2.23. The Balaban J connectivity index is 1.84. The van der Waals surface area contributed by atoms with Crippen LogP contribution in [0.25, 0.3) is 11.2 Å². The van der Waals surface area contributed by atoms with E-state index in [4.69, 9.17) is 10.7 Å². The first-order valence-electron chi connectivity index (χ1n) is 12.7. The van der Waals surface area contributed by atoms with Crippen LogP contribution in [0, 0.1) is 0 Å². The van der Waals surface area contributed by atoms with Gasteiger partial charge in [-0.1, -0.05) is 23.8 Å². The predicted molar refractivity (Wildman–Crippen MR) is 150 cm³/mol. The Hall–Kier alpha value is -3.55. The predicted octanol–water partition coefficient (Wildman–Crippen LogP) is 0.924. The third kappa shape index (κ3) is 5.47. The van der Waals surface area contributed by atoms with Gasteiger partial charge < -0.3 is 15.2 Å². The lowest BCUT2D eigenvalue weighted by Gasteiger charge is -2.31. The number of anilines is 1. The third-order valence-corrected chi connectivity index (χ3v) is 8.68. The number of nitrogens with zero attached hydrogens (tertiary/aromatic N) is 6. The molecule has 0 saturated carbocycles. The number of nitrogens with two attached hydrogens (primary N) is 1. The molecule has 1 saturated heterocycles. The van der Waals surface area contributed by atoms with E-state index in [1.165, 1.54) is 50.0 Å². The molecule has 1 aliphatic rings. The number of aromatic nitrogens is 4. The molecule has 1 fully saturated rings. The third-order valence-electron chi connectivity index (χ3n) is 6.87. The van der Waals surface area contributed by atoms with Crippen LogP contribution in [0.3, 0.4) is 0 Å². The molecule has 0 aliphatic carbocycles. The van der Waals surface area contributed by atoms with E-state index in [1.54, 1.807) is 4.57 Å². The summed E-state index contributed by atoms with van der Waals surface area (Å²) in [6, 6.07) is 5.53. The van der Waals surface area contributed by atoms with Gasteiger partial charge >= 0.3 is 5.69 Å². The first kappa shape index (κ1) is 28.5. The summed E-state index contributed by atoms with van der Waals surface area (Å²) in [5.74, 6) is -0.0163. The largest absolute Gasteiger partial charge is 0.341 e. The second kappa shape index (κ2) is 10.9. The van der Waals surface area contributed by atoms with Crippen molar-refractivity contribution in [3.05, 3.63) is 62.3 Å². The fourth-order valence-corrected chi connectivity index (χ4v) is 5.60. The van der Waals surface area contributed by atoms with Crippen LogP contribution >= 0.6 is 0 Å². The Kier molecular flexibility index (Phi) is 7.96. The highest BCUT2D eigenvalue weighted by Gasteiger charge is 2.27. The normalized spacial score (nSPS) is 16.2. The fourth-order valence-electron chi connectivity index (χ4n) is 4.66. The maximum atomic E-state index is 13.8. The van der Waals surface area contributed by atoms with E-state index in [1.807, 2.05) is 24.8 Å². The van der Waals surface area contributed by atoms with Crippen molar-refractivity contribution in [1.82, 2.24) is 23.0 Å². The number of hydrogen-bond donors (Lipinski definition) is 1. The Bertz CT molecular complexity index is 1680. The van der Waals surface area contributed by atoms with Gasteiger partial charge in [0.25, 0.3) is 5.56 Å². The summed E-state index contributed by atoms with van der Waals surface area (Å²) in [4.78, 5) is 47.0. The molecular formula is C26H35N7O5S. The fraction of sp³-hybridized carbons (Fsp3) is 0.462. The van der Waals surface area contributed by atoms with Crippen molar-refractivity contribution in [3.63, 3.8) is 0 Å². The lowest BCUT2D eigenvalue weighted by atomic mass is 10.1. The number of benzene rings is 1. The van der Waals surface area contributed by atoms with Crippen molar-refractivity contribution in [2.75, 3.05) is 32.1 Å². The Morgan fingerprint density at radius 2 is 1.92 bits per heavy atom. The minimum absolute atomic E-state index is 0.0272. The number of fused-ring (bicyclic) bond motifs is 1. The minimum Gasteiger partial charge on any atom is -0.341 e. The smallest absolute Gasteiger partial charge is 0.332 e. The molecule has 210 valence electrons. The van der Waals surface area contributed by atoms with Crippen LogP contribution < -0.4 is 21.9 Å². The summed E-state index contributed by atoms with van der Waals surface area (Å²) in [6.45, 7) is 5.00. The number of Topliss-reactive ketones (excluding diaryl/α,β-unsaturated/α-hetero) is 1. The van der Waals surface area contributed by atoms with E-state index < -0.39 is 33.6 Å². The number of rotatable bonds is 8. The first-order valence-corrected chi connectivity index (χ1v) is 14.2. The molecule has 0 bridgehead atoms. The second-order valence-corrected chi connectivity index (χ2v) is 12.4. The molecule has 3 heterocycles. The molecule has 0 spiro atoms. The van der Waals surface area contributed by atoms with Crippen molar-refractivity contribution in [2.45, 2.75) is 50.7 Å². The van der Waals surface area contributed by atoms with Crippen LogP contribution in [0.5, 0.6) is 0 Å². The SMILES string of the molecule is CC(C)=CCn1c(N2CCCC(N)C2)nc2c1c(=O)n(CC(=O)c1cccc(S(=O)(=O)N(C)C)c1)c(=O)n2C. The van der Waals surface area contributed by atoms with Gasteiger partial charge in [0.15, 0.2) is 16.9 Å². The van der Waals surface area contributed by atoms with Gasteiger partial charge in [-0.15, -0.1) is 0 Å². The average molecular weight is 558 g/mol. The maximum absolute atomic E-state index is 13.8. The van der Waals surface area contributed by atoms with Gasteiger partial charge in [0.2, 0.25) is 16.0 Å². The standard InChI is InChI=1S/C26H35N7O5S/c1-17(2)11-13-32-22-23(28-25(32)31-12-7-9-19(27)15-31)30(5)26(36)33(24(22)35)16-21(34)18-8-6-10-20(14-18)39(37,38)29(3)4/h6,8,10-11,14,19H,7,9,12-13,15-16,27H2,1-5H3. The lowest BCUT2D eigenvalue weighted by Crippen LogP contribution is -2.44. The Labute approximate surface area is 227 Å². The topological polar surface area (TPSA) is 146 Å². The summed E-state index contributed by atoms with van der Waals surface area (Å²) in [5, 5.41) is 0. The monoisotopic (exact) mass is 557 g/mol. The lowest BCUT2D eigenvalue weighted by molar-refractivity contribution is 0.0968. The van der Waals surface area contributed by atoms with Gasteiger partial charge in [-0.3, -0.25) is 18.7 Å². The zero-order valence-electron chi connectivity index (χ0n) is 22.9. The van der Waals surface area contributed by atoms with E-state index >= 15 is 0 Å². The number of hydrogen-bond acceptors (Lipinski definition) is 8. The number of imidazole rings is 1. The molecule has 12 nitrogen and oxygen atoms in total. The van der Waals surface area contributed by atoms with Gasteiger partial charge in [0.1, 0.15) is 0 Å². The van der Waals surface area contributed by atoms with Crippen molar-refractivity contribution in [1.29, 1.82) is 0 Å². The molecule has 3 aromatic rings.